The van der Waals surface area contributed by atoms with Crippen molar-refractivity contribution >= 4 is 15.7 Å². The van der Waals surface area contributed by atoms with Gasteiger partial charge in [0.2, 0.25) is 10.0 Å². The molecule has 2 rings (SSSR count). The lowest BCUT2D eigenvalue weighted by Gasteiger charge is -2.10. The molecule has 0 atom stereocenters. The van der Waals surface area contributed by atoms with Crippen LogP contribution in [-0.2, 0) is 19.5 Å². The van der Waals surface area contributed by atoms with Gasteiger partial charge in [-0.1, -0.05) is 6.07 Å². The minimum Gasteiger partial charge on any atom is -0.350 e. The molecule has 0 radical (unpaired) electrons. The van der Waals surface area contributed by atoms with Crippen LogP contribution in [0.5, 0.6) is 0 Å². The number of hydrogen-bond donors (Lipinski definition) is 1. The van der Waals surface area contributed by atoms with E-state index in [-0.39, 0.29) is 17.1 Å². The molecule has 110 valence electrons. The van der Waals surface area contributed by atoms with E-state index in [1.54, 1.807) is 0 Å². The third-order valence-electron chi connectivity index (χ3n) is 2.70. The highest BCUT2D eigenvalue weighted by atomic mass is 32.2. The molecule has 1 aromatic rings. The molecule has 0 unspecified atom stereocenters. The van der Waals surface area contributed by atoms with Crippen molar-refractivity contribution in [3.63, 3.8) is 0 Å². The summed E-state index contributed by atoms with van der Waals surface area (Å²) in [6.07, 6.45) is -0.0171. The van der Waals surface area contributed by atoms with Crippen LogP contribution in [0.2, 0.25) is 0 Å². The largest absolute Gasteiger partial charge is 0.350 e. The third kappa shape index (κ3) is 3.73. The van der Waals surface area contributed by atoms with Gasteiger partial charge in [-0.2, -0.15) is 0 Å². The van der Waals surface area contributed by atoms with Gasteiger partial charge in [0.05, 0.1) is 23.0 Å². The van der Waals surface area contributed by atoms with Crippen molar-refractivity contribution in [2.75, 3.05) is 19.8 Å². The van der Waals surface area contributed by atoms with Crippen LogP contribution in [0.1, 0.15) is 6.42 Å². The lowest BCUT2D eigenvalue weighted by molar-refractivity contribution is -0.385. The number of hydrogen-bond acceptors (Lipinski definition) is 6. The number of nitrogens with zero attached hydrogens (tertiary/aromatic N) is 1. The van der Waals surface area contributed by atoms with Crippen molar-refractivity contribution in [2.45, 2.75) is 17.6 Å². The van der Waals surface area contributed by atoms with E-state index in [0.717, 1.165) is 6.07 Å². The Morgan fingerprint density at radius 2 is 2.05 bits per heavy atom. The fourth-order valence-corrected chi connectivity index (χ4v) is 2.82. The summed E-state index contributed by atoms with van der Waals surface area (Å²) in [5.41, 5.74) is -0.268. The summed E-state index contributed by atoms with van der Waals surface area (Å²) < 4.78 is 36.6. The number of nitrogens with one attached hydrogen (secondary N) is 1. The second kappa shape index (κ2) is 6.27. The first kappa shape index (κ1) is 14.9. The fourth-order valence-electron chi connectivity index (χ4n) is 1.73. The molecule has 1 aliphatic rings. The van der Waals surface area contributed by atoms with Crippen molar-refractivity contribution in [3.05, 3.63) is 34.4 Å². The number of benzene rings is 1. The van der Waals surface area contributed by atoms with Gasteiger partial charge in [0, 0.05) is 25.1 Å². The Hall–Kier alpha value is -1.55. The topological polar surface area (TPSA) is 108 Å². The normalized spacial score (nSPS) is 16.4. The molecular formula is C11H14N2O6S. The van der Waals surface area contributed by atoms with E-state index in [0.29, 0.717) is 19.6 Å². The standard InChI is InChI=1S/C11H14N2O6S/c14-13(15)9-2-1-3-10(8-9)20(16,17)12-5-4-11-18-6-7-19-11/h1-3,8,11-12H,4-7H2. The number of non-ortho nitro benzene ring substituents is 1. The molecule has 1 fully saturated rings. The van der Waals surface area contributed by atoms with Gasteiger partial charge >= 0.3 is 0 Å². The van der Waals surface area contributed by atoms with Gasteiger partial charge in [0.25, 0.3) is 5.69 Å². The second-order valence-corrected chi connectivity index (χ2v) is 5.88. The molecule has 0 spiro atoms. The first-order valence-electron chi connectivity index (χ1n) is 5.96. The minimum absolute atomic E-state index is 0.135. The lowest BCUT2D eigenvalue weighted by atomic mass is 10.3. The number of nitro benzene ring substituents is 1. The van der Waals surface area contributed by atoms with E-state index < -0.39 is 21.2 Å². The maximum atomic E-state index is 12.0. The van der Waals surface area contributed by atoms with Crippen LogP contribution < -0.4 is 4.72 Å². The molecule has 0 bridgehead atoms. The Morgan fingerprint density at radius 3 is 2.70 bits per heavy atom. The first-order valence-corrected chi connectivity index (χ1v) is 7.45. The van der Waals surface area contributed by atoms with Crippen LogP contribution in [0.25, 0.3) is 0 Å². The molecule has 0 saturated carbocycles. The summed E-state index contributed by atoms with van der Waals surface area (Å²) in [5.74, 6) is 0. The smallest absolute Gasteiger partial charge is 0.270 e. The summed E-state index contributed by atoms with van der Waals surface area (Å²) in [7, 11) is -3.77. The summed E-state index contributed by atoms with van der Waals surface area (Å²) in [5, 5.41) is 10.6. The summed E-state index contributed by atoms with van der Waals surface area (Å²) in [4.78, 5) is 9.85. The Morgan fingerprint density at radius 1 is 1.35 bits per heavy atom. The average Bonchev–Trinajstić information content (AvgIpc) is 2.92. The predicted octanol–water partition coefficient (Wildman–Crippen LogP) is 0.636. The number of ether oxygens (including phenoxy) is 2. The molecule has 1 heterocycles. The summed E-state index contributed by atoms with van der Waals surface area (Å²) >= 11 is 0. The monoisotopic (exact) mass is 302 g/mol. The van der Waals surface area contributed by atoms with E-state index in [4.69, 9.17) is 9.47 Å². The Bertz CT molecular complexity index is 582. The van der Waals surface area contributed by atoms with Gasteiger partial charge in [0.15, 0.2) is 6.29 Å². The van der Waals surface area contributed by atoms with Crippen molar-refractivity contribution < 1.29 is 22.8 Å². The average molecular weight is 302 g/mol. The zero-order chi connectivity index (χ0) is 14.6. The zero-order valence-electron chi connectivity index (χ0n) is 10.5. The van der Waals surface area contributed by atoms with Gasteiger partial charge in [-0.3, -0.25) is 10.1 Å². The molecule has 1 N–H and O–H groups in total. The van der Waals surface area contributed by atoms with E-state index in [2.05, 4.69) is 4.72 Å². The molecule has 0 aromatic heterocycles. The Balaban J connectivity index is 1.98. The molecular weight excluding hydrogens is 288 g/mol. The van der Waals surface area contributed by atoms with E-state index in [1.807, 2.05) is 0 Å². The van der Waals surface area contributed by atoms with Gasteiger partial charge in [-0.15, -0.1) is 0 Å². The predicted molar refractivity (Wildman–Crippen MR) is 68.6 cm³/mol. The maximum absolute atomic E-state index is 12.0. The lowest BCUT2D eigenvalue weighted by Crippen LogP contribution is -2.27. The number of nitro groups is 1. The second-order valence-electron chi connectivity index (χ2n) is 4.11. The van der Waals surface area contributed by atoms with Crippen LogP contribution in [0.3, 0.4) is 0 Å². The van der Waals surface area contributed by atoms with E-state index in [9.17, 15) is 18.5 Å². The van der Waals surface area contributed by atoms with E-state index >= 15 is 0 Å². The Kier molecular flexibility index (Phi) is 4.65. The van der Waals surface area contributed by atoms with Gasteiger partial charge in [-0.05, 0) is 6.07 Å². The van der Waals surface area contributed by atoms with Gasteiger partial charge < -0.3 is 9.47 Å². The number of sulfonamides is 1. The molecule has 20 heavy (non-hydrogen) atoms. The molecule has 0 amide bonds. The highest BCUT2D eigenvalue weighted by Gasteiger charge is 2.20. The zero-order valence-corrected chi connectivity index (χ0v) is 11.3. The highest BCUT2D eigenvalue weighted by molar-refractivity contribution is 7.89. The fraction of sp³-hybridized carbons (Fsp3) is 0.455. The van der Waals surface area contributed by atoms with Crippen molar-refractivity contribution in [3.8, 4) is 0 Å². The van der Waals surface area contributed by atoms with Crippen LogP contribution in [-0.4, -0.2) is 39.4 Å². The summed E-state index contributed by atoms with van der Waals surface area (Å²) in [6, 6.07) is 4.89. The van der Waals surface area contributed by atoms with Crippen molar-refractivity contribution in [1.29, 1.82) is 0 Å². The molecule has 8 nitrogen and oxygen atoms in total. The SMILES string of the molecule is O=[N+]([O-])c1cccc(S(=O)(=O)NCCC2OCCO2)c1. The van der Waals surface area contributed by atoms with Crippen LogP contribution >= 0.6 is 0 Å². The Labute approximate surface area is 115 Å². The maximum Gasteiger partial charge on any atom is 0.270 e. The summed E-state index contributed by atoms with van der Waals surface area (Å²) in [6.45, 7) is 1.14. The minimum atomic E-state index is -3.77. The van der Waals surface area contributed by atoms with Crippen molar-refractivity contribution in [2.24, 2.45) is 0 Å². The van der Waals surface area contributed by atoms with Crippen LogP contribution in [0, 0.1) is 10.1 Å². The van der Waals surface area contributed by atoms with E-state index in [1.165, 1.54) is 18.2 Å². The third-order valence-corrected chi connectivity index (χ3v) is 4.16. The quantitative estimate of drug-likeness (QED) is 0.610. The molecule has 9 heteroatoms. The van der Waals surface area contributed by atoms with Gasteiger partial charge in [0.1, 0.15) is 0 Å². The molecule has 1 aromatic carbocycles. The first-order chi connectivity index (χ1) is 9.49. The molecule has 0 aliphatic carbocycles. The highest BCUT2D eigenvalue weighted by Crippen LogP contribution is 2.17. The molecule has 1 aliphatic heterocycles. The van der Waals surface area contributed by atoms with Crippen LogP contribution in [0.4, 0.5) is 5.69 Å². The number of rotatable bonds is 6. The molecule has 1 saturated heterocycles. The van der Waals surface area contributed by atoms with Crippen molar-refractivity contribution in [1.82, 2.24) is 4.72 Å². The van der Waals surface area contributed by atoms with Gasteiger partial charge in [-0.25, -0.2) is 13.1 Å². The van der Waals surface area contributed by atoms with Crippen LogP contribution in [0.15, 0.2) is 29.2 Å².